The normalized spacial score (nSPS) is 13.8. The average molecular weight is 245 g/mol. The molecule has 1 atom stereocenters. The quantitative estimate of drug-likeness (QED) is 0.549. The molecule has 17 heavy (non-hydrogen) atoms. The molecule has 0 heterocycles. The second kappa shape index (κ2) is 7.67. The van der Waals surface area contributed by atoms with Crippen molar-refractivity contribution in [3.63, 3.8) is 0 Å². The Hall–Kier alpha value is -0.610. The van der Waals surface area contributed by atoms with Gasteiger partial charge in [0.15, 0.2) is 0 Å². The molecule has 0 aliphatic heterocycles. The Labute approximate surface area is 105 Å². The van der Waals surface area contributed by atoms with Crippen molar-refractivity contribution in [2.45, 2.75) is 58.6 Å². The average Bonchev–Trinajstić information content (AvgIpc) is 2.20. The molecule has 0 aliphatic rings. The summed E-state index contributed by atoms with van der Waals surface area (Å²) < 4.78 is 5.33. The lowest BCUT2D eigenvalue weighted by atomic mass is 10.2. The van der Waals surface area contributed by atoms with Gasteiger partial charge in [-0.25, -0.2) is 0 Å². The van der Waals surface area contributed by atoms with Crippen molar-refractivity contribution in [1.29, 1.82) is 0 Å². The summed E-state index contributed by atoms with van der Waals surface area (Å²) in [5.74, 6) is -0.179. The first-order valence-corrected chi connectivity index (χ1v) is 6.32. The summed E-state index contributed by atoms with van der Waals surface area (Å²) in [6.45, 7) is 8.57. The molecule has 0 radical (unpaired) electrons. The van der Waals surface area contributed by atoms with Gasteiger partial charge in [0.2, 0.25) is 0 Å². The summed E-state index contributed by atoms with van der Waals surface area (Å²) in [4.78, 5) is 13.8. The first-order chi connectivity index (χ1) is 7.78. The number of carbonyl (C=O) groups excluding carboxylic acids is 1. The Bertz CT molecular complexity index is 223. The highest BCUT2D eigenvalue weighted by Crippen LogP contribution is 2.11. The van der Waals surface area contributed by atoms with E-state index in [1.54, 1.807) is 0 Å². The summed E-state index contributed by atoms with van der Waals surface area (Å²) in [6, 6.07) is -0.219. The van der Waals surface area contributed by atoms with E-state index in [-0.39, 0.29) is 18.6 Å². The van der Waals surface area contributed by atoms with Crippen LogP contribution in [0.4, 0.5) is 0 Å². The fraction of sp³-hybridized carbons (Fsp3) is 0.923. The minimum absolute atomic E-state index is 0.179. The van der Waals surface area contributed by atoms with Gasteiger partial charge >= 0.3 is 5.97 Å². The highest BCUT2D eigenvalue weighted by molar-refractivity contribution is 5.75. The molecule has 0 fully saturated rings. The molecule has 0 saturated carbocycles. The summed E-state index contributed by atoms with van der Waals surface area (Å²) in [6.07, 6.45) is 2.81. The maximum absolute atomic E-state index is 11.8. The number of aliphatic hydroxyl groups excluding tert-OH is 1. The monoisotopic (exact) mass is 245 g/mol. The Balaban J connectivity index is 3.95. The van der Waals surface area contributed by atoms with Gasteiger partial charge in [-0.1, -0.05) is 0 Å². The molecular formula is C13H27NO3. The number of aliphatic hydroxyl groups is 1. The van der Waals surface area contributed by atoms with Gasteiger partial charge in [0.25, 0.3) is 0 Å². The summed E-state index contributed by atoms with van der Waals surface area (Å²) in [7, 11) is 1.92. The van der Waals surface area contributed by atoms with Crippen molar-refractivity contribution in [3.8, 4) is 0 Å². The molecule has 1 unspecified atom stereocenters. The van der Waals surface area contributed by atoms with E-state index < -0.39 is 5.60 Å². The lowest BCUT2D eigenvalue weighted by Gasteiger charge is -2.27. The van der Waals surface area contributed by atoms with E-state index in [2.05, 4.69) is 0 Å². The van der Waals surface area contributed by atoms with Crippen molar-refractivity contribution >= 4 is 5.97 Å². The minimum Gasteiger partial charge on any atom is -0.459 e. The van der Waals surface area contributed by atoms with E-state index in [0.717, 1.165) is 25.8 Å². The molecule has 0 aromatic rings. The fourth-order valence-corrected chi connectivity index (χ4v) is 1.41. The van der Waals surface area contributed by atoms with Gasteiger partial charge in [-0.15, -0.1) is 0 Å². The molecule has 0 saturated heterocycles. The number of hydrogen-bond donors (Lipinski definition) is 1. The van der Waals surface area contributed by atoms with Gasteiger partial charge in [0.05, 0.1) is 0 Å². The van der Waals surface area contributed by atoms with E-state index in [1.807, 2.05) is 39.6 Å². The molecular weight excluding hydrogens is 218 g/mol. The Morgan fingerprint density at radius 1 is 1.29 bits per heavy atom. The largest absolute Gasteiger partial charge is 0.459 e. The molecule has 0 aromatic carbocycles. The van der Waals surface area contributed by atoms with Crippen molar-refractivity contribution in [2.75, 3.05) is 20.2 Å². The second-order valence-corrected chi connectivity index (χ2v) is 5.47. The van der Waals surface area contributed by atoms with Crippen LogP contribution in [0, 0.1) is 0 Å². The smallest absolute Gasteiger partial charge is 0.323 e. The van der Waals surface area contributed by atoms with Crippen LogP contribution < -0.4 is 0 Å². The van der Waals surface area contributed by atoms with Crippen molar-refractivity contribution in [1.82, 2.24) is 4.90 Å². The molecule has 102 valence electrons. The number of esters is 1. The molecule has 0 aromatic heterocycles. The van der Waals surface area contributed by atoms with E-state index >= 15 is 0 Å². The standard InChI is InChI=1S/C13H27NO3/c1-11(12(16)17-13(2,3)4)14(5)9-7-6-8-10-15/h11,15H,6-10H2,1-5H3. The first kappa shape index (κ1) is 16.4. The van der Waals surface area contributed by atoms with Crippen molar-refractivity contribution < 1.29 is 14.6 Å². The summed E-state index contributed by atoms with van der Waals surface area (Å²) in [5.41, 5.74) is -0.428. The molecule has 4 nitrogen and oxygen atoms in total. The maximum atomic E-state index is 11.8. The number of ether oxygens (including phenoxy) is 1. The highest BCUT2D eigenvalue weighted by atomic mass is 16.6. The number of hydrogen-bond acceptors (Lipinski definition) is 4. The molecule has 1 N–H and O–H groups in total. The Morgan fingerprint density at radius 3 is 2.35 bits per heavy atom. The number of nitrogens with zero attached hydrogens (tertiary/aromatic N) is 1. The predicted molar refractivity (Wildman–Crippen MR) is 68.9 cm³/mol. The third-order valence-electron chi connectivity index (χ3n) is 2.58. The highest BCUT2D eigenvalue weighted by Gasteiger charge is 2.24. The van der Waals surface area contributed by atoms with Crippen LogP contribution in [0.3, 0.4) is 0 Å². The number of rotatable bonds is 7. The molecule has 0 bridgehead atoms. The molecule has 0 amide bonds. The predicted octanol–water partition coefficient (Wildman–Crippen LogP) is 1.81. The summed E-state index contributed by atoms with van der Waals surface area (Å²) >= 11 is 0. The van der Waals surface area contributed by atoms with Gasteiger partial charge in [-0.2, -0.15) is 0 Å². The zero-order valence-electron chi connectivity index (χ0n) is 11.8. The van der Waals surface area contributed by atoms with E-state index in [9.17, 15) is 4.79 Å². The van der Waals surface area contributed by atoms with Gasteiger partial charge in [-0.05, 0) is 60.5 Å². The van der Waals surface area contributed by atoms with Crippen LogP contribution in [0.25, 0.3) is 0 Å². The summed E-state index contributed by atoms with van der Waals surface area (Å²) in [5, 5.41) is 8.67. The maximum Gasteiger partial charge on any atom is 0.323 e. The second-order valence-electron chi connectivity index (χ2n) is 5.47. The lowest BCUT2D eigenvalue weighted by Crippen LogP contribution is -2.40. The molecule has 4 heteroatoms. The van der Waals surface area contributed by atoms with Crippen molar-refractivity contribution in [3.05, 3.63) is 0 Å². The SMILES string of the molecule is CC(C(=O)OC(C)(C)C)N(C)CCCCCO. The van der Waals surface area contributed by atoms with E-state index in [1.165, 1.54) is 0 Å². The van der Waals surface area contributed by atoms with Crippen LogP contribution in [0.1, 0.15) is 47.0 Å². The lowest BCUT2D eigenvalue weighted by molar-refractivity contribution is -0.160. The third kappa shape index (κ3) is 8.16. The van der Waals surface area contributed by atoms with Crippen molar-refractivity contribution in [2.24, 2.45) is 0 Å². The Kier molecular flexibility index (Phi) is 7.39. The first-order valence-electron chi connectivity index (χ1n) is 6.32. The number of likely N-dealkylation sites (N-methyl/N-ethyl adjacent to an activating group) is 1. The molecule has 0 rings (SSSR count). The van der Waals surface area contributed by atoms with Crippen LogP contribution in [0.2, 0.25) is 0 Å². The molecule has 0 spiro atoms. The van der Waals surface area contributed by atoms with Gasteiger partial charge in [0.1, 0.15) is 11.6 Å². The number of carbonyl (C=O) groups is 1. The zero-order valence-corrected chi connectivity index (χ0v) is 11.8. The zero-order chi connectivity index (χ0) is 13.5. The van der Waals surface area contributed by atoms with Gasteiger partial charge < -0.3 is 9.84 Å². The van der Waals surface area contributed by atoms with Crippen LogP contribution in [-0.2, 0) is 9.53 Å². The Morgan fingerprint density at radius 2 is 1.88 bits per heavy atom. The van der Waals surface area contributed by atoms with E-state index in [4.69, 9.17) is 9.84 Å². The van der Waals surface area contributed by atoms with E-state index in [0.29, 0.717) is 0 Å². The van der Waals surface area contributed by atoms with Crippen LogP contribution in [0.15, 0.2) is 0 Å². The van der Waals surface area contributed by atoms with Crippen LogP contribution in [0.5, 0.6) is 0 Å². The van der Waals surface area contributed by atoms with Crippen LogP contribution in [-0.4, -0.2) is 47.8 Å². The topological polar surface area (TPSA) is 49.8 Å². The fourth-order valence-electron chi connectivity index (χ4n) is 1.41. The third-order valence-corrected chi connectivity index (χ3v) is 2.58. The van der Waals surface area contributed by atoms with Gasteiger partial charge in [0, 0.05) is 6.61 Å². The molecule has 0 aliphatic carbocycles. The minimum atomic E-state index is -0.428. The van der Waals surface area contributed by atoms with Crippen LogP contribution >= 0.6 is 0 Å². The van der Waals surface area contributed by atoms with Gasteiger partial charge in [-0.3, -0.25) is 9.69 Å². The number of unbranched alkanes of at least 4 members (excludes halogenated alkanes) is 2.